The number of halogens is 2. The van der Waals surface area contributed by atoms with E-state index in [1.54, 1.807) is 0 Å². The van der Waals surface area contributed by atoms with Gasteiger partial charge in [0.05, 0.1) is 5.57 Å². The number of carbonyl (C=O) groups is 1. The Bertz CT molecular complexity index is 654. The molecule has 2 unspecified atom stereocenters. The van der Waals surface area contributed by atoms with E-state index < -0.39 is 17.8 Å². The molecule has 4 rings (SSSR count). The molecule has 3 aliphatic rings. The summed E-state index contributed by atoms with van der Waals surface area (Å²) in [5, 5.41) is 7.36. The van der Waals surface area contributed by atoms with Gasteiger partial charge in [0.15, 0.2) is 11.6 Å². The van der Waals surface area contributed by atoms with Crippen LogP contribution in [0.2, 0.25) is 0 Å². The van der Waals surface area contributed by atoms with Crippen LogP contribution < -0.4 is 21.1 Å². The first kappa shape index (κ1) is 14.6. The van der Waals surface area contributed by atoms with Crippen LogP contribution in [0.25, 0.3) is 0 Å². The maximum Gasteiger partial charge on any atom is 0.254 e. The first-order chi connectivity index (χ1) is 11.1. The maximum atomic E-state index is 13.9. The molecule has 122 valence electrons. The van der Waals surface area contributed by atoms with Gasteiger partial charge in [-0.05, 0) is 25.0 Å². The van der Waals surface area contributed by atoms with Gasteiger partial charge in [-0.15, -0.1) is 0 Å². The summed E-state index contributed by atoms with van der Waals surface area (Å²) in [5.41, 5.74) is 3.12. The number of fused-ring (bicyclic) bond motifs is 1. The number of nitrogens with one attached hydrogen (secondary N) is 3. The zero-order valence-corrected chi connectivity index (χ0v) is 12.4. The monoisotopic (exact) mass is 321 g/mol. The topological polar surface area (TPSA) is 59.6 Å². The van der Waals surface area contributed by atoms with Gasteiger partial charge in [-0.2, -0.15) is 0 Å². The van der Waals surface area contributed by atoms with Crippen LogP contribution in [-0.2, 0) is 4.79 Å². The quantitative estimate of drug-likeness (QED) is 0.745. The normalized spacial score (nSPS) is 27.8. The van der Waals surface area contributed by atoms with Crippen LogP contribution >= 0.6 is 0 Å². The van der Waals surface area contributed by atoms with Gasteiger partial charge in [-0.1, -0.05) is 6.07 Å². The highest BCUT2D eigenvalue weighted by Gasteiger charge is 2.39. The van der Waals surface area contributed by atoms with Gasteiger partial charge in [0.25, 0.3) is 5.91 Å². The molecule has 1 aromatic rings. The fourth-order valence-electron chi connectivity index (χ4n) is 3.23. The van der Waals surface area contributed by atoms with Crippen LogP contribution in [-0.4, -0.2) is 36.4 Å². The number of amides is 1. The lowest BCUT2D eigenvalue weighted by Gasteiger charge is -2.36. The lowest BCUT2D eigenvalue weighted by molar-refractivity contribution is -0.121. The molecule has 0 bridgehead atoms. The van der Waals surface area contributed by atoms with Crippen molar-refractivity contribution < 1.29 is 13.6 Å². The van der Waals surface area contributed by atoms with Gasteiger partial charge in [0, 0.05) is 19.3 Å². The predicted molar refractivity (Wildman–Crippen MR) is 79.7 cm³/mol. The Hall–Kier alpha value is -2.03. The number of rotatable bonds is 2. The van der Waals surface area contributed by atoms with E-state index in [1.807, 2.05) is 0 Å². The predicted octanol–water partition coefficient (Wildman–Crippen LogP) is 0.598. The Morgan fingerprint density at radius 2 is 1.83 bits per heavy atom. The zero-order valence-electron chi connectivity index (χ0n) is 12.4. The molecule has 2 saturated heterocycles. The molecular weight excluding hydrogens is 304 g/mol. The lowest BCUT2D eigenvalue weighted by Crippen LogP contribution is -2.66. The van der Waals surface area contributed by atoms with Crippen molar-refractivity contribution in [3.05, 3.63) is 41.6 Å². The summed E-state index contributed by atoms with van der Waals surface area (Å²) in [7, 11) is 0. The van der Waals surface area contributed by atoms with Crippen LogP contribution in [0.1, 0.15) is 12.8 Å². The van der Waals surface area contributed by atoms with Gasteiger partial charge in [0.2, 0.25) is 0 Å². The first-order valence-corrected chi connectivity index (χ1v) is 7.65. The summed E-state index contributed by atoms with van der Waals surface area (Å²) in [6, 6.07) is 3.67. The van der Waals surface area contributed by atoms with Crippen molar-refractivity contribution in [1.29, 1.82) is 0 Å². The fraction of sp³-hybridized carbons (Fsp3) is 0.400. The molecule has 3 N–H and O–H groups in total. The second-order valence-electron chi connectivity index (χ2n) is 5.87. The van der Waals surface area contributed by atoms with Gasteiger partial charge in [0.1, 0.15) is 18.1 Å². The van der Waals surface area contributed by atoms with Gasteiger partial charge < -0.3 is 5.32 Å². The van der Waals surface area contributed by atoms with Crippen molar-refractivity contribution in [2.24, 2.45) is 0 Å². The second kappa shape index (κ2) is 5.55. The molecule has 0 spiro atoms. The van der Waals surface area contributed by atoms with Gasteiger partial charge in [-0.3, -0.25) is 20.0 Å². The van der Waals surface area contributed by atoms with Crippen LogP contribution in [0.4, 0.5) is 14.5 Å². The highest BCUT2D eigenvalue weighted by atomic mass is 19.1. The van der Waals surface area contributed by atoms with Crippen LogP contribution in [0.3, 0.4) is 0 Å². The third kappa shape index (κ3) is 2.48. The summed E-state index contributed by atoms with van der Waals surface area (Å²) in [5.74, 6) is -1.62. The SMILES string of the molecule is O=C1NC(N2CCCC2)NC2NN(c3c(F)cccc3F)C=C12. The highest BCUT2D eigenvalue weighted by molar-refractivity contribution is 5.96. The Kier molecular flexibility index (Phi) is 3.51. The molecule has 6 nitrogen and oxygen atoms in total. The van der Waals surface area contributed by atoms with Crippen molar-refractivity contribution in [1.82, 2.24) is 21.0 Å². The lowest BCUT2D eigenvalue weighted by atomic mass is 10.2. The standard InChI is InChI=1S/C15H17F2N5O/c16-10-4-3-5-11(17)12(10)22-8-9-13(20-22)18-15(19-14(9)23)21-6-1-2-7-21/h3-5,8,13,15,18,20H,1-2,6-7H2,(H,19,23). The first-order valence-electron chi connectivity index (χ1n) is 7.65. The second-order valence-corrected chi connectivity index (χ2v) is 5.87. The minimum absolute atomic E-state index is 0.221. The molecule has 0 aromatic heterocycles. The number of hydrogen-bond acceptors (Lipinski definition) is 5. The van der Waals surface area contributed by atoms with Crippen molar-refractivity contribution in [2.45, 2.75) is 25.3 Å². The molecule has 1 amide bonds. The molecule has 0 saturated carbocycles. The van der Waals surface area contributed by atoms with Crippen LogP contribution in [0.5, 0.6) is 0 Å². The number of benzene rings is 1. The van der Waals surface area contributed by atoms with E-state index in [-0.39, 0.29) is 17.9 Å². The Balaban J connectivity index is 1.57. The Morgan fingerprint density at radius 3 is 2.52 bits per heavy atom. The Morgan fingerprint density at radius 1 is 1.13 bits per heavy atom. The third-order valence-corrected chi connectivity index (χ3v) is 4.39. The van der Waals surface area contributed by atoms with Crippen molar-refractivity contribution in [3.8, 4) is 0 Å². The number of hydrogen-bond donors (Lipinski definition) is 3. The average molecular weight is 321 g/mol. The summed E-state index contributed by atoms with van der Waals surface area (Å²) < 4.78 is 27.8. The average Bonchev–Trinajstić information content (AvgIpc) is 3.16. The van der Waals surface area contributed by atoms with Crippen LogP contribution in [0, 0.1) is 11.6 Å². The summed E-state index contributed by atoms with van der Waals surface area (Å²) in [6.45, 7) is 1.82. The van der Waals surface area contributed by atoms with Crippen LogP contribution in [0.15, 0.2) is 30.0 Å². The van der Waals surface area contributed by atoms with E-state index in [9.17, 15) is 13.6 Å². The molecule has 1 aromatic carbocycles. The van der Waals surface area contributed by atoms with E-state index in [1.165, 1.54) is 29.4 Å². The summed E-state index contributed by atoms with van der Waals surface area (Å²) in [4.78, 5) is 14.4. The number of carbonyl (C=O) groups excluding carboxylic acids is 1. The molecule has 3 aliphatic heterocycles. The van der Waals surface area contributed by atoms with E-state index in [0.29, 0.717) is 5.57 Å². The summed E-state index contributed by atoms with van der Waals surface area (Å²) in [6.07, 6.45) is 2.87. The summed E-state index contributed by atoms with van der Waals surface area (Å²) >= 11 is 0. The van der Waals surface area contributed by atoms with E-state index in [4.69, 9.17) is 0 Å². The van der Waals surface area contributed by atoms with Gasteiger partial charge in [-0.25, -0.2) is 14.2 Å². The van der Waals surface area contributed by atoms with E-state index >= 15 is 0 Å². The fourth-order valence-corrected chi connectivity index (χ4v) is 3.23. The number of hydrazine groups is 1. The van der Waals surface area contributed by atoms with Gasteiger partial charge >= 0.3 is 0 Å². The molecular formula is C15H17F2N5O. The molecule has 8 heteroatoms. The molecule has 2 fully saturated rings. The molecule has 0 radical (unpaired) electrons. The number of likely N-dealkylation sites (tertiary alicyclic amines) is 1. The van der Waals surface area contributed by atoms with E-state index in [0.717, 1.165) is 25.9 Å². The van der Waals surface area contributed by atoms with E-state index in [2.05, 4.69) is 21.0 Å². The largest absolute Gasteiger partial charge is 0.324 e. The smallest absolute Gasteiger partial charge is 0.254 e. The third-order valence-electron chi connectivity index (χ3n) is 4.39. The molecule has 23 heavy (non-hydrogen) atoms. The number of para-hydroxylation sites is 1. The minimum atomic E-state index is -0.690. The Labute approximate surface area is 132 Å². The molecule has 0 aliphatic carbocycles. The zero-order chi connectivity index (χ0) is 16.0. The molecule has 3 heterocycles. The van der Waals surface area contributed by atoms with Crippen molar-refractivity contribution in [2.75, 3.05) is 18.1 Å². The number of nitrogens with zero attached hydrogens (tertiary/aromatic N) is 2. The number of anilines is 1. The van der Waals surface area contributed by atoms with Crippen molar-refractivity contribution in [3.63, 3.8) is 0 Å². The minimum Gasteiger partial charge on any atom is -0.324 e. The van der Waals surface area contributed by atoms with Crippen molar-refractivity contribution >= 4 is 11.6 Å². The molecule has 2 atom stereocenters. The maximum absolute atomic E-state index is 13.9. The highest BCUT2D eigenvalue weighted by Crippen LogP contribution is 2.27.